The third-order valence-electron chi connectivity index (χ3n) is 6.99. The fourth-order valence-electron chi connectivity index (χ4n) is 5.01. The molecule has 0 heterocycles. The van der Waals surface area contributed by atoms with Gasteiger partial charge in [0, 0.05) is 12.5 Å². The first-order valence-corrected chi connectivity index (χ1v) is 12.3. The molecule has 2 unspecified atom stereocenters. The van der Waals surface area contributed by atoms with Gasteiger partial charge in [0.05, 0.1) is 12.1 Å². The topological polar surface area (TPSA) is 84.2 Å². The third kappa shape index (κ3) is 7.16. The lowest BCUT2D eigenvalue weighted by molar-refractivity contribution is -0.130. The molecule has 3 rings (SSSR count). The van der Waals surface area contributed by atoms with E-state index in [-0.39, 0.29) is 23.8 Å². The molecule has 2 aromatic rings. The van der Waals surface area contributed by atoms with Gasteiger partial charge in [0.25, 0.3) is 0 Å². The second-order valence-electron chi connectivity index (χ2n) is 9.95. The van der Waals surface area contributed by atoms with E-state index in [9.17, 15) is 9.59 Å². The van der Waals surface area contributed by atoms with Crippen LogP contribution in [0.2, 0.25) is 0 Å². The highest BCUT2D eigenvalue weighted by Gasteiger charge is 2.35. The van der Waals surface area contributed by atoms with Crippen molar-refractivity contribution in [1.82, 2.24) is 10.6 Å². The van der Waals surface area contributed by atoms with Crippen LogP contribution in [0, 0.1) is 23.7 Å². The summed E-state index contributed by atoms with van der Waals surface area (Å²) < 4.78 is 0. The van der Waals surface area contributed by atoms with E-state index in [1.54, 1.807) is 0 Å². The van der Waals surface area contributed by atoms with E-state index in [0.29, 0.717) is 30.7 Å². The minimum absolute atomic E-state index is 0.0289. The number of carbonyl (C=O) groups is 2. The molecule has 0 aromatic heterocycles. The van der Waals surface area contributed by atoms with E-state index >= 15 is 0 Å². The Morgan fingerprint density at radius 2 is 1.64 bits per heavy atom. The highest BCUT2D eigenvalue weighted by molar-refractivity contribution is 5.82. The summed E-state index contributed by atoms with van der Waals surface area (Å²) in [7, 11) is 0. The average Bonchev–Trinajstić information content (AvgIpc) is 2.82. The molecule has 1 saturated carbocycles. The second kappa shape index (κ2) is 12.0. The van der Waals surface area contributed by atoms with Crippen molar-refractivity contribution in [2.45, 2.75) is 58.5 Å². The van der Waals surface area contributed by atoms with E-state index in [2.05, 4.69) is 31.4 Å². The lowest BCUT2D eigenvalue weighted by Gasteiger charge is -2.36. The van der Waals surface area contributed by atoms with Gasteiger partial charge in [-0.15, -0.1) is 0 Å². The van der Waals surface area contributed by atoms with Crippen LogP contribution >= 0.6 is 0 Å². The average molecular weight is 450 g/mol. The van der Waals surface area contributed by atoms with Gasteiger partial charge in [-0.1, -0.05) is 87.9 Å². The fourth-order valence-corrected chi connectivity index (χ4v) is 5.01. The standard InChI is InChI=1S/C28H39N3O2/c1-19(2)23-15-14-20(3)16-24(23)27(32)30-18-26(22-12-8-5-9-13-22)31-28(33)25(29)17-21-10-6-4-7-11-21/h4-13,19-20,23-26H,14-18,29H2,1-3H3,(H,30,32)(H,31,33)/t20-,23+,24-,25?,26?/m1/s1. The molecule has 0 saturated heterocycles. The van der Waals surface area contributed by atoms with Crippen LogP contribution in [0.4, 0.5) is 0 Å². The monoisotopic (exact) mass is 449 g/mol. The molecule has 0 bridgehead atoms. The SMILES string of the molecule is CC(C)[C@@H]1CC[C@@H](C)C[C@H]1C(=O)NCC(NC(=O)C(N)Cc1ccccc1)c1ccccc1. The third-order valence-corrected chi connectivity index (χ3v) is 6.99. The fraction of sp³-hybridized carbons (Fsp3) is 0.500. The first-order valence-electron chi connectivity index (χ1n) is 12.3. The van der Waals surface area contributed by atoms with Crippen LogP contribution in [-0.2, 0) is 16.0 Å². The van der Waals surface area contributed by atoms with Gasteiger partial charge in [-0.2, -0.15) is 0 Å². The highest BCUT2D eigenvalue weighted by Crippen LogP contribution is 2.38. The van der Waals surface area contributed by atoms with E-state index in [0.717, 1.165) is 24.0 Å². The van der Waals surface area contributed by atoms with Crippen LogP contribution < -0.4 is 16.4 Å². The molecule has 178 valence electrons. The predicted molar refractivity (Wildman–Crippen MR) is 133 cm³/mol. The number of amides is 2. The van der Waals surface area contributed by atoms with Crippen molar-refractivity contribution in [2.75, 3.05) is 6.54 Å². The molecular weight excluding hydrogens is 410 g/mol. The molecule has 0 radical (unpaired) electrons. The van der Waals surface area contributed by atoms with Crippen LogP contribution in [0.25, 0.3) is 0 Å². The molecule has 5 heteroatoms. The summed E-state index contributed by atoms with van der Waals surface area (Å²) in [5.74, 6) is 1.37. The minimum atomic E-state index is -0.654. The Balaban J connectivity index is 1.66. The molecule has 5 nitrogen and oxygen atoms in total. The molecule has 1 aliphatic carbocycles. The van der Waals surface area contributed by atoms with E-state index in [4.69, 9.17) is 5.73 Å². The summed E-state index contributed by atoms with van der Waals surface area (Å²) in [6.07, 6.45) is 3.69. The highest BCUT2D eigenvalue weighted by atomic mass is 16.2. The van der Waals surface area contributed by atoms with Crippen molar-refractivity contribution in [3.8, 4) is 0 Å². The van der Waals surface area contributed by atoms with Gasteiger partial charge >= 0.3 is 0 Å². The predicted octanol–water partition coefficient (Wildman–Crippen LogP) is 4.24. The molecule has 33 heavy (non-hydrogen) atoms. The molecule has 0 aliphatic heterocycles. The van der Waals surface area contributed by atoms with E-state index in [1.807, 2.05) is 60.7 Å². The molecular formula is C28H39N3O2. The smallest absolute Gasteiger partial charge is 0.237 e. The molecule has 1 aliphatic rings. The maximum Gasteiger partial charge on any atom is 0.237 e. The van der Waals surface area contributed by atoms with Crippen molar-refractivity contribution in [3.05, 3.63) is 71.8 Å². The van der Waals surface area contributed by atoms with Gasteiger partial charge in [-0.05, 0) is 48.1 Å². The molecule has 0 spiro atoms. The van der Waals surface area contributed by atoms with E-state index < -0.39 is 6.04 Å². The first kappa shape index (κ1) is 25.0. The van der Waals surface area contributed by atoms with Crippen molar-refractivity contribution in [3.63, 3.8) is 0 Å². The number of nitrogens with two attached hydrogens (primary N) is 1. The van der Waals surface area contributed by atoms with Crippen LogP contribution in [-0.4, -0.2) is 24.4 Å². The Morgan fingerprint density at radius 1 is 1.00 bits per heavy atom. The maximum atomic E-state index is 13.2. The normalized spacial score (nSPS) is 22.4. The molecule has 5 atom stereocenters. The van der Waals surface area contributed by atoms with Crippen molar-refractivity contribution in [2.24, 2.45) is 29.4 Å². The van der Waals surface area contributed by atoms with Gasteiger partial charge in [0.15, 0.2) is 0 Å². The number of benzene rings is 2. The number of nitrogens with one attached hydrogen (secondary N) is 2. The maximum absolute atomic E-state index is 13.2. The summed E-state index contributed by atoms with van der Waals surface area (Å²) in [6.45, 7) is 7.00. The van der Waals surface area contributed by atoms with Crippen molar-refractivity contribution in [1.29, 1.82) is 0 Å². The summed E-state index contributed by atoms with van der Waals surface area (Å²) in [6, 6.07) is 18.6. The van der Waals surface area contributed by atoms with Crippen molar-refractivity contribution < 1.29 is 9.59 Å². The van der Waals surface area contributed by atoms with Crippen LogP contribution in [0.5, 0.6) is 0 Å². The Labute approximate surface area is 198 Å². The van der Waals surface area contributed by atoms with Crippen LogP contribution in [0.3, 0.4) is 0 Å². The zero-order chi connectivity index (χ0) is 23.8. The summed E-state index contributed by atoms with van der Waals surface area (Å²) in [5.41, 5.74) is 8.19. The molecule has 2 amide bonds. The van der Waals surface area contributed by atoms with Gasteiger partial charge in [-0.3, -0.25) is 9.59 Å². The summed E-state index contributed by atoms with van der Waals surface area (Å²) in [5, 5.41) is 6.23. The number of rotatable bonds is 9. The number of hydrogen-bond acceptors (Lipinski definition) is 3. The van der Waals surface area contributed by atoms with Crippen LogP contribution in [0.15, 0.2) is 60.7 Å². The zero-order valence-electron chi connectivity index (χ0n) is 20.2. The zero-order valence-corrected chi connectivity index (χ0v) is 20.2. The summed E-state index contributed by atoms with van der Waals surface area (Å²) >= 11 is 0. The number of hydrogen-bond donors (Lipinski definition) is 3. The Kier molecular flexibility index (Phi) is 9.07. The molecule has 2 aromatic carbocycles. The Bertz CT molecular complexity index is 885. The quantitative estimate of drug-likeness (QED) is 0.535. The lowest BCUT2D eigenvalue weighted by atomic mass is 9.70. The van der Waals surface area contributed by atoms with Gasteiger partial charge in [0.2, 0.25) is 11.8 Å². The first-order chi connectivity index (χ1) is 15.8. The largest absolute Gasteiger partial charge is 0.353 e. The Morgan fingerprint density at radius 3 is 2.27 bits per heavy atom. The second-order valence-corrected chi connectivity index (χ2v) is 9.95. The lowest BCUT2D eigenvalue weighted by Crippen LogP contribution is -2.47. The molecule has 4 N–H and O–H groups in total. The summed E-state index contributed by atoms with van der Waals surface area (Å²) in [4.78, 5) is 26.1. The van der Waals surface area contributed by atoms with E-state index in [1.165, 1.54) is 6.42 Å². The molecule has 1 fully saturated rings. The number of carbonyl (C=O) groups excluding carboxylic acids is 2. The van der Waals surface area contributed by atoms with Crippen LogP contribution in [0.1, 0.15) is 57.2 Å². The van der Waals surface area contributed by atoms with Gasteiger partial charge in [0.1, 0.15) is 0 Å². The van der Waals surface area contributed by atoms with Gasteiger partial charge in [-0.25, -0.2) is 0 Å². The van der Waals surface area contributed by atoms with Crippen molar-refractivity contribution >= 4 is 11.8 Å². The Hall–Kier alpha value is -2.66. The minimum Gasteiger partial charge on any atom is -0.353 e. The van der Waals surface area contributed by atoms with Gasteiger partial charge < -0.3 is 16.4 Å².